The molecule has 9 heteroatoms. The molecule has 2 aromatic carbocycles. The lowest BCUT2D eigenvalue weighted by Crippen LogP contribution is -2.56. The zero-order chi connectivity index (χ0) is 24.7. The molecule has 0 radical (unpaired) electrons. The van der Waals surface area contributed by atoms with Crippen molar-refractivity contribution in [3.63, 3.8) is 0 Å². The summed E-state index contributed by atoms with van der Waals surface area (Å²) in [6.45, 7) is 1.69. The number of aromatic hydroxyl groups is 1. The van der Waals surface area contributed by atoms with Gasteiger partial charge in [0.15, 0.2) is 0 Å². The Morgan fingerprint density at radius 2 is 1.59 bits per heavy atom. The highest BCUT2D eigenvalue weighted by molar-refractivity contribution is 5.94. The molecular formula is C25H30N4O5. The van der Waals surface area contributed by atoms with Gasteiger partial charge in [-0.3, -0.25) is 19.2 Å². The fourth-order valence-electron chi connectivity index (χ4n) is 4.16. The van der Waals surface area contributed by atoms with Crippen LogP contribution in [0.1, 0.15) is 30.9 Å². The second kappa shape index (κ2) is 11.3. The van der Waals surface area contributed by atoms with E-state index in [2.05, 4.69) is 10.6 Å². The van der Waals surface area contributed by atoms with Crippen LogP contribution in [0.4, 0.5) is 0 Å². The highest BCUT2D eigenvalue weighted by atomic mass is 16.3. The van der Waals surface area contributed by atoms with Crippen molar-refractivity contribution in [3.05, 3.63) is 65.7 Å². The van der Waals surface area contributed by atoms with Gasteiger partial charge in [0.1, 0.15) is 23.9 Å². The number of hydrogen-bond acceptors (Lipinski definition) is 5. The number of amides is 4. The van der Waals surface area contributed by atoms with E-state index in [4.69, 9.17) is 5.73 Å². The normalized spacial score (nSPS) is 17.0. The van der Waals surface area contributed by atoms with E-state index in [0.717, 1.165) is 11.1 Å². The molecule has 0 bridgehead atoms. The first-order valence-electron chi connectivity index (χ1n) is 11.2. The number of nitrogens with one attached hydrogen (secondary N) is 2. The van der Waals surface area contributed by atoms with E-state index in [1.807, 2.05) is 30.3 Å². The van der Waals surface area contributed by atoms with Gasteiger partial charge in [-0.25, -0.2) is 0 Å². The van der Waals surface area contributed by atoms with Crippen molar-refractivity contribution in [2.45, 2.75) is 50.7 Å². The van der Waals surface area contributed by atoms with Crippen molar-refractivity contribution < 1.29 is 24.3 Å². The maximum absolute atomic E-state index is 13.4. The lowest BCUT2D eigenvalue weighted by atomic mass is 10.0. The standard InChI is InChI=1S/C25H30N4O5/c1-16(30)27-21(15-18-9-11-19(31)12-10-18)25(34)29-13-5-8-22(29)24(33)28-20(23(26)32)14-17-6-3-2-4-7-17/h2-4,6-7,9-12,20-22,31H,5,8,13-15H2,1H3,(H2,26,32)(H,27,30)(H,28,33)/t20?,21?,22-/m0/s1. The molecule has 0 saturated carbocycles. The van der Waals surface area contributed by atoms with E-state index in [9.17, 15) is 24.3 Å². The number of primary amides is 1. The maximum atomic E-state index is 13.4. The predicted molar refractivity (Wildman–Crippen MR) is 125 cm³/mol. The molecule has 3 rings (SSSR count). The molecule has 0 aliphatic carbocycles. The summed E-state index contributed by atoms with van der Waals surface area (Å²) in [5.41, 5.74) is 7.13. The van der Waals surface area contributed by atoms with Crippen LogP contribution in [0.2, 0.25) is 0 Å². The molecule has 180 valence electrons. The smallest absolute Gasteiger partial charge is 0.246 e. The van der Waals surface area contributed by atoms with Crippen molar-refractivity contribution in [1.82, 2.24) is 15.5 Å². The Hall–Kier alpha value is -3.88. The Morgan fingerprint density at radius 1 is 0.971 bits per heavy atom. The van der Waals surface area contributed by atoms with Crippen LogP contribution in [0.5, 0.6) is 5.75 Å². The molecule has 34 heavy (non-hydrogen) atoms. The van der Waals surface area contributed by atoms with Gasteiger partial charge in [-0.1, -0.05) is 42.5 Å². The number of benzene rings is 2. The fourth-order valence-corrected chi connectivity index (χ4v) is 4.16. The topological polar surface area (TPSA) is 142 Å². The molecule has 1 aliphatic rings. The second-order valence-corrected chi connectivity index (χ2v) is 8.47. The van der Waals surface area contributed by atoms with Crippen molar-refractivity contribution in [3.8, 4) is 5.75 Å². The van der Waals surface area contributed by atoms with E-state index < -0.39 is 29.9 Å². The third-order valence-electron chi connectivity index (χ3n) is 5.83. The largest absolute Gasteiger partial charge is 0.508 e. The summed E-state index contributed by atoms with van der Waals surface area (Å²) in [6.07, 6.45) is 1.52. The Labute approximate surface area is 198 Å². The van der Waals surface area contributed by atoms with E-state index >= 15 is 0 Å². The molecule has 0 aromatic heterocycles. The number of rotatable bonds is 9. The molecule has 1 fully saturated rings. The van der Waals surface area contributed by atoms with Crippen LogP contribution in [-0.2, 0) is 32.0 Å². The van der Waals surface area contributed by atoms with Crippen LogP contribution in [0, 0.1) is 0 Å². The number of carbonyl (C=O) groups is 4. The number of nitrogens with zero attached hydrogens (tertiary/aromatic N) is 1. The summed E-state index contributed by atoms with van der Waals surface area (Å²) in [4.78, 5) is 51.7. The third kappa shape index (κ3) is 6.57. The van der Waals surface area contributed by atoms with Crippen molar-refractivity contribution in [1.29, 1.82) is 0 Å². The monoisotopic (exact) mass is 466 g/mol. The summed E-state index contributed by atoms with van der Waals surface area (Å²) in [6, 6.07) is 13.0. The summed E-state index contributed by atoms with van der Waals surface area (Å²) in [5, 5.41) is 14.9. The molecule has 0 spiro atoms. The lowest BCUT2D eigenvalue weighted by Gasteiger charge is -2.29. The third-order valence-corrected chi connectivity index (χ3v) is 5.83. The Kier molecular flexibility index (Phi) is 8.24. The molecule has 3 atom stereocenters. The predicted octanol–water partition coefficient (Wildman–Crippen LogP) is 0.643. The van der Waals surface area contributed by atoms with E-state index in [1.54, 1.807) is 12.1 Å². The first-order chi connectivity index (χ1) is 16.2. The number of likely N-dealkylation sites (tertiary alicyclic amines) is 1. The molecule has 2 unspecified atom stereocenters. The van der Waals surface area contributed by atoms with Gasteiger partial charge >= 0.3 is 0 Å². The Balaban J connectivity index is 1.72. The van der Waals surface area contributed by atoms with Gasteiger partial charge in [-0.2, -0.15) is 0 Å². The first kappa shape index (κ1) is 24.8. The van der Waals surface area contributed by atoms with Gasteiger partial charge in [-0.15, -0.1) is 0 Å². The zero-order valence-electron chi connectivity index (χ0n) is 19.1. The van der Waals surface area contributed by atoms with Gasteiger partial charge in [0.05, 0.1) is 0 Å². The van der Waals surface area contributed by atoms with Crippen molar-refractivity contribution in [2.24, 2.45) is 5.73 Å². The zero-order valence-corrected chi connectivity index (χ0v) is 19.1. The van der Waals surface area contributed by atoms with Gasteiger partial charge in [-0.05, 0) is 36.1 Å². The fraction of sp³-hybridized carbons (Fsp3) is 0.360. The molecule has 1 heterocycles. The minimum Gasteiger partial charge on any atom is -0.508 e. The quantitative estimate of drug-likeness (QED) is 0.429. The lowest BCUT2D eigenvalue weighted by molar-refractivity contribution is -0.141. The number of phenolic OH excluding ortho intramolecular Hbond substituents is 1. The minimum absolute atomic E-state index is 0.0990. The van der Waals surface area contributed by atoms with Crippen LogP contribution >= 0.6 is 0 Å². The maximum Gasteiger partial charge on any atom is 0.246 e. The van der Waals surface area contributed by atoms with Crippen LogP contribution in [0.3, 0.4) is 0 Å². The van der Waals surface area contributed by atoms with Gasteiger partial charge in [0.25, 0.3) is 0 Å². The SMILES string of the molecule is CC(=O)NC(Cc1ccc(O)cc1)C(=O)N1CCC[C@H]1C(=O)NC(Cc1ccccc1)C(N)=O. The molecular weight excluding hydrogens is 436 g/mol. The van der Waals surface area contributed by atoms with E-state index in [-0.39, 0.29) is 30.4 Å². The second-order valence-electron chi connectivity index (χ2n) is 8.47. The highest BCUT2D eigenvalue weighted by Gasteiger charge is 2.38. The number of hydrogen-bond donors (Lipinski definition) is 4. The molecule has 1 aliphatic heterocycles. The number of phenols is 1. The van der Waals surface area contributed by atoms with Gasteiger partial charge in [0.2, 0.25) is 23.6 Å². The van der Waals surface area contributed by atoms with Crippen LogP contribution in [0.15, 0.2) is 54.6 Å². The molecule has 2 aromatic rings. The Bertz CT molecular complexity index is 1030. The van der Waals surface area contributed by atoms with Crippen LogP contribution in [0.25, 0.3) is 0 Å². The van der Waals surface area contributed by atoms with E-state index in [1.165, 1.54) is 24.0 Å². The number of carbonyl (C=O) groups excluding carboxylic acids is 4. The van der Waals surface area contributed by atoms with Crippen LogP contribution < -0.4 is 16.4 Å². The van der Waals surface area contributed by atoms with Gasteiger partial charge in [0, 0.05) is 26.3 Å². The average Bonchev–Trinajstić information content (AvgIpc) is 3.29. The van der Waals surface area contributed by atoms with Crippen LogP contribution in [-0.4, -0.2) is 58.3 Å². The van der Waals surface area contributed by atoms with Gasteiger partial charge < -0.3 is 26.4 Å². The molecule has 1 saturated heterocycles. The number of nitrogens with two attached hydrogens (primary N) is 1. The molecule has 4 amide bonds. The van der Waals surface area contributed by atoms with Crippen molar-refractivity contribution in [2.75, 3.05) is 6.54 Å². The average molecular weight is 467 g/mol. The molecule has 9 nitrogen and oxygen atoms in total. The Morgan fingerprint density at radius 3 is 2.21 bits per heavy atom. The van der Waals surface area contributed by atoms with Crippen molar-refractivity contribution >= 4 is 23.6 Å². The summed E-state index contributed by atoms with van der Waals surface area (Å²) < 4.78 is 0. The molecule has 5 N–H and O–H groups in total. The summed E-state index contributed by atoms with van der Waals surface area (Å²) in [5.74, 6) is -1.75. The van der Waals surface area contributed by atoms with E-state index in [0.29, 0.717) is 19.4 Å². The highest BCUT2D eigenvalue weighted by Crippen LogP contribution is 2.21. The first-order valence-corrected chi connectivity index (χ1v) is 11.2. The summed E-state index contributed by atoms with van der Waals surface area (Å²) in [7, 11) is 0. The summed E-state index contributed by atoms with van der Waals surface area (Å²) >= 11 is 0. The minimum atomic E-state index is -0.907.